The van der Waals surface area contributed by atoms with Crippen LogP contribution in [0.5, 0.6) is 0 Å². The first kappa shape index (κ1) is 11.2. The van der Waals surface area contributed by atoms with E-state index in [1.807, 2.05) is 24.3 Å². The molecule has 1 atom stereocenters. The molecule has 3 aromatic carbocycles. The number of benzene rings is 3. The smallest absolute Gasteiger partial charge is 0.106 e. The summed E-state index contributed by atoms with van der Waals surface area (Å²) in [7, 11) is 0. The number of rotatable bonds is 2. The molecule has 3 rings (SSSR count). The lowest BCUT2D eigenvalue weighted by atomic mass is 9.95. The Morgan fingerprint density at radius 3 is 2.22 bits per heavy atom. The Hall–Kier alpha value is -1.90. The third-order valence-electron chi connectivity index (χ3n) is 3.28. The first-order valence-corrected chi connectivity index (χ1v) is 6.09. The van der Waals surface area contributed by atoms with Gasteiger partial charge in [0.15, 0.2) is 0 Å². The third-order valence-corrected chi connectivity index (χ3v) is 3.28. The molecule has 0 aliphatic carbocycles. The van der Waals surface area contributed by atoms with Gasteiger partial charge in [0.2, 0.25) is 0 Å². The fraction of sp³-hybridized carbons (Fsp3) is 0.125. The summed E-state index contributed by atoms with van der Waals surface area (Å²) < 4.78 is 0. The molecule has 3 N–H and O–H groups in total. The van der Waals surface area contributed by atoms with Crippen LogP contribution in [0.3, 0.4) is 0 Å². The molecule has 0 saturated carbocycles. The van der Waals surface area contributed by atoms with Gasteiger partial charge >= 0.3 is 0 Å². The molecule has 0 aromatic heterocycles. The second-order valence-corrected chi connectivity index (χ2v) is 4.57. The molecule has 0 spiro atoms. The van der Waals surface area contributed by atoms with Gasteiger partial charge in [0.05, 0.1) is 0 Å². The minimum Gasteiger partial charge on any atom is -0.378 e. The molecule has 90 valence electrons. The summed E-state index contributed by atoms with van der Waals surface area (Å²) in [4.78, 5) is 0. The molecule has 0 saturated heterocycles. The molecule has 0 radical (unpaired) electrons. The average Bonchev–Trinajstić information content (AvgIpc) is 2.38. The highest BCUT2D eigenvalue weighted by Gasteiger charge is 2.07. The van der Waals surface area contributed by atoms with Gasteiger partial charge in [-0.3, -0.25) is 0 Å². The molecule has 0 amide bonds. The van der Waals surface area contributed by atoms with Gasteiger partial charge in [-0.1, -0.05) is 54.6 Å². The summed E-state index contributed by atoms with van der Waals surface area (Å²) in [5, 5.41) is 14.2. The normalized spacial score (nSPS) is 13.0. The van der Waals surface area contributed by atoms with E-state index in [2.05, 4.69) is 30.3 Å². The maximum Gasteiger partial charge on any atom is 0.106 e. The number of nitrogens with two attached hydrogens (primary N) is 1. The summed E-state index contributed by atoms with van der Waals surface area (Å²) in [5.41, 5.74) is 6.61. The van der Waals surface area contributed by atoms with Gasteiger partial charge in [-0.2, -0.15) is 0 Å². The van der Waals surface area contributed by atoms with Crippen molar-refractivity contribution in [2.24, 2.45) is 5.73 Å². The van der Waals surface area contributed by atoms with Gasteiger partial charge in [0.1, 0.15) is 6.23 Å². The summed E-state index contributed by atoms with van der Waals surface area (Å²) in [6, 6.07) is 18.7. The van der Waals surface area contributed by atoms with Crippen LogP contribution in [-0.2, 0) is 6.42 Å². The second-order valence-electron chi connectivity index (χ2n) is 4.57. The van der Waals surface area contributed by atoms with E-state index in [4.69, 9.17) is 5.73 Å². The topological polar surface area (TPSA) is 46.2 Å². The van der Waals surface area contributed by atoms with Crippen LogP contribution in [0.2, 0.25) is 0 Å². The number of aliphatic hydroxyl groups is 1. The Balaban J connectivity index is 2.39. The van der Waals surface area contributed by atoms with Crippen LogP contribution in [0.4, 0.5) is 0 Å². The molecule has 0 heterocycles. The minimum atomic E-state index is -0.811. The lowest BCUT2D eigenvalue weighted by Crippen LogP contribution is -2.21. The minimum absolute atomic E-state index is 0.478. The number of fused-ring (bicyclic) bond motifs is 3. The lowest BCUT2D eigenvalue weighted by Gasteiger charge is -2.11. The van der Waals surface area contributed by atoms with E-state index in [-0.39, 0.29) is 0 Å². The zero-order valence-corrected chi connectivity index (χ0v) is 10.0. The Morgan fingerprint density at radius 1 is 0.889 bits per heavy atom. The number of hydrogen-bond donors (Lipinski definition) is 2. The van der Waals surface area contributed by atoms with Crippen molar-refractivity contribution < 1.29 is 5.11 Å². The molecule has 0 aliphatic rings. The second kappa shape index (κ2) is 4.41. The van der Waals surface area contributed by atoms with Gasteiger partial charge in [0, 0.05) is 6.42 Å². The van der Waals surface area contributed by atoms with E-state index in [1.165, 1.54) is 21.5 Å². The molecule has 0 bridgehead atoms. The van der Waals surface area contributed by atoms with Crippen molar-refractivity contribution >= 4 is 21.5 Å². The van der Waals surface area contributed by atoms with Gasteiger partial charge in [-0.05, 0) is 27.1 Å². The van der Waals surface area contributed by atoms with Gasteiger partial charge in [-0.25, -0.2) is 0 Å². The maximum atomic E-state index is 9.42. The number of hydrogen-bond acceptors (Lipinski definition) is 2. The fourth-order valence-electron chi connectivity index (χ4n) is 2.53. The van der Waals surface area contributed by atoms with E-state index < -0.39 is 6.23 Å². The summed E-state index contributed by atoms with van der Waals surface area (Å²) in [6.45, 7) is 0. The summed E-state index contributed by atoms with van der Waals surface area (Å²) in [5.74, 6) is 0. The molecule has 18 heavy (non-hydrogen) atoms. The van der Waals surface area contributed by atoms with Crippen LogP contribution >= 0.6 is 0 Å². The monoisotopic (exact) mass is 237 g/mol. The van der Waals surface area contributed by atoms with Crippen LogP contribution < -0.4 is 5.73 Å². The quantitative estimate of drug-likeness (QED) is 0.532. The Morgan fingerprint density at radius 2 is 1.50 bits per heavy atom. The molecular weight excluding hydrogens is 222 g/mol. The van der Waals surface area contributed by atoms with E-state index in [0.29, 0.717) is 6.42 Å². The van der Waals surface area contributed by atoms with Crippen molar-refractivity contribution in [2.45, 2.75) is 12.6 Å². The predicted molar refractivity (Wildman–Crippen MR) is 75.4 cm³/mol. The molecule has 0 unspecified atom stereocenters. The standard InChI is InChI=1S/C16H15NO/c17-16(18)10-12-9-11-5-1-2-6-13(11)15-8-4-3-7-14(12)15/h1-9,16,18H,10,17H2/t16-/m1/s1. The van der Waals surface area contributed by atoms with Crippen molar-refractivity contribution in [1.29, 1.82) is 0 Å². The predicted octanol–water partition coefficient (Wildman–Crippen LogP) is 2.81. The average molecular weight is 237 g/mol. The van der Waals surface area contributed by atoms with Crippen molar-refractivity contribution in [2.75, 3.05) is 0 Å². The fourth-order valence-corrected chi connectivity index (χ4v) is 2.53. The molecule has 2 heteroatoms. The highest BCUT2D eigenvalue weighted by molar-refractivity contribution is 6.08. The highest BCUT2D eigenvalue weighted by Crippen LogP contribution is 2.28. The molecule has 2 nitrogen and oxygen atoms in total. The summed E-state index contributed by atoms with van der Waals surface area (Å²) in [6.07, 6.45) is -0.333. The van der Waals surface area contributed by atoms with Gasteiger partial charge < -0.3 is 10.8 Å². The highest BCUT2D eigenvalue weighted by atomic mass is 16.3. The van der Waals surface area contributed by atoms with Crippen LogP contribution in [0.25, 0.3) is 21.5 Å². The van der Waals surface area contributed by atoms with Crippen molar-refractivity contribution in [3.05, 3.63) is 60.2 Å². The number of aliphatic hydroxyl groups excluding tert-OH is 1. The molecule has 0 aliphatic heterocycles. The van der Waals surface area contributed by atoms with E-state index >= 15 is 0 Å². The van der Waals surface area contributed by atoms with E-state index in [9.17, 15) is 5.11 Å². The van der Waals surface area contributed by atoms with Crippen LogP contribution in [-0.4, -0.2) is 11.3 Å². The third kappa shape index (κ3) is 1.86. The van der Waals surface area contributed by atoms with Gasteiger partial charge in [-0.15, -0.1) is 0 Å². The zero-order valence-electron chi connectivity index (χ0n) is 10.0. The first-order chi connectivity index (χ1) is 8.75. The SMILES string of the molecule is N[C@H](O)Cc1cc2ccccc2c2ccccc12. The van der Waals surface area contributed by atoms with Crippen LogP contribution in [0, 0.1) is 0 Å². The summed E-state index contributed by atoms with van der Waals surface area (Å²) >= 11 is 0. The van der Waals surface area contributed by atoms with Crippen LogP contribution in [0.1, 0.15) is 5.56 Å². The maximum absolute atomic E-state index is 9.42. The largest absolute Gasteiger partial charge is 0.378 e. The van der Waals surface area contributed by atoms with Gasteiger partial charge in [0.25, 0.3) is 0 Å². The molecule has 3 aromatic rings. The first-order valence-electron chi connectivity index (χ1n) is 6.09. The zero-order chi connectivity index (χ0) is 12.5. The molecule has 0 fully saturated rings. The van der Waals surface area contributed by atoms with E-state index in [0.717, 1.165) is 5.56 Å². The van der Waals surface area contributed by atoms with Crippen molar-refractivity contribution in [3.63, 3.8) is 0 Å². The van der Waals surface area contributed by atoms with Crippen molar-refractivity contribution in [3.8, 4) is 0 Å². The Kier molecular flexibility index (Phi) is 2.74. The lowest BCUT2D eigenvalue weighted by molar-refractivity contribution is 0.183. The Bertz CT molecular complexity index is 704. The van der Waals surface area contributed by atoms with Crippen LogP contribution in [0.15, 0.2) is 54.6 Å². The van der Waals surface area contributed by atoms with E-state index in [1.54, 1.807) is 0 Å². The molecular formula is C16H15NO. The van der Waals surface area contributed by atoms with Crippen molar-refractivity contribution in [1.82, 2.24) is 0 Å². The Labute approximate surface area is 106 Å².